The maximum atomic E-state index is 6.72. The number of hydrogen-bond donors (Lipinski definition) is 0. The van der Waals surface area contributed by atoms with E-state index in [0.717, 1.165) is 44.4 Å². The molecule has 2 heteroatoms. The molecule has 0 fully saturated rings. The van der Waals surface area contributed by atoms with Crippen LogP contribution < -0.4 is 10.4 Å². The minimum Gasteiger partial charge on any atom is -0.455 e. The molecule has 0 aliphatic carbocycles. The van der Waals surface area contributed by atoms with Crippen LogP contribution in [0.25, 0.3) is 121 Å². The van der Waals surface area contributed by atoms with Crippen LogP contribution in [0.3, 0.4) is 0 Å². The predicted octanol–water partition coefficient (Wildman–Crippen LogP) is 14.1. The van der Waals surface area contributed by atoms with Gasteiger partial charge >= 0.3 is 0 Å². The van der Waals surface area contributed by atoms with Crippen molar-refractivity contribution in [3.05, 3.63) is 168 Å². The lowest BCUT2D eigenvalue weighted by Crippen LogP contribution is -2.31. The van der Waals surface area contributed by atoms with E-state index in [1.807, 2.05) is 23.5 Å². The van der Waals surface area contributed by atoms with Crippen molar-refractivity contribution in [3.8, 4) is 33.4 Å². The lowest BCUT2D eigenvalue weighted by molar-refractivity contribution is 0.670. The van der Waals surface area contributed by atoms with Gasteiger partial charge in [-0.3, -0.25) is 0 Å². The molecular weight excluding hydrogens is 673 g/mol. The van der Waals surface area contributed by atoms with Gasteiger partial charge in [-0.25, -0.2) is 0 Å². The Labute approximate surface area is 317 Å². The second-order valence-corrected chi connectivity index (χ2v) is 14.9. The van der Waals surface area contributed by atoms with Crippen molar-refractivity contribution in [2.75, 3.05) is 0 Å². The predicted molar refractivity (Wildman–Crippen MR) is 238 cm³/mol. The summed E-state index contributed by atoms with van der Waals surface area (Å²) in [6.07, 6.45) is 8.43. The van der Waals surface area contributed by atoms with Gasteiger partial charge in [-0.15, -0.1) is 11.3 Å². The second-order valence-electron chi connectivity index (χ2n) is 13.9. The molecule has 1 nitrogen and oxygen atoms in total. The summed E-state index contributed by atoms with van der Waals surface area (Å²) in [5.41, 5.74) is 11.0. The van der Waals surface area contributed by atoms with Crippen LogP contribution in [0.1, 0.15) is 25.0 Å². The Kier molecular flexibility index (Phi) is 7.50. The van der Waals surface area contributed by atoms with E-state index in [1.54, 1.807) is 0 Å². The standard InChI is InChI=1S/C52H36OS/c1-5-36-38(7-3)49(39(8-4)37(6-2)48(36)31-16-10-9-11-17-31)35-25-23-32-28-34(24-22-33(32)29-35)44-30-45-41(50-43-19-12-14-20-46(43)53-51(44)50)26-27-42-40-18-13-15-21-47(40)54-52(42)45/h5-30H,1,3H2,2,4H3/b37-6+,39-8+. The van der Waals surface area contributed by atoms with Crippen molar-refractivity contribution in [1.82, 2.24) is 0 Å². The molecule has 0 spiro atoms. The number of para-hydroxylation sites is 1. The monoisotopic (exact) mass is 708 g/mol. The van der Waals surface area contributed by atoms with Crippen molar-refractivity contribution < 1.29 is 4.42 Å². The van der Waals surface area contributed by atoms with E-state index in [0.29, 0.717) is 0 Å². The van der Waals surface area contributed by atoms with Crippen molar-refractivity contribution in [3.63, 3.8) is 0 Å². The Balaban J connectivity index is 1.20. The first-order valence-electron chi connectivity index (χ1n) is 18.5. The Morgan fingerprint density at radius 1 is 0.519 bits per heavy atom. The third-order valence-electron chi connectivity index (χ3n) is 11.1. The summed E-state index contributed by atoms with van der Waals surface area (Å²) in [6, 6.07) is 48.4. The van der Waals surface area contributed by atoms with Gasteiger partial charge in [0.1, 0.15) is 11.2 Å². The molecule has 0 bridgehead atoms. The molecule has 10 rings (SSSR count). The highest BCUT2D eigenvalue weighted by atomic mass is 32.1. The Bertz CT molecular complexity index is 3320. The highest BCUT2D eigenvalue weighted by Crippen LogP contribution is 2.46. The van der Waals surface area contributed by atoms with E-state index in [-0.39, 0.29) is 0 Å². The van der Waals surface area contributed by atoms with Gasteiger partial charge in [0.2, 0.25) is 0 Å². The van der Waals surface area contributed by atoms with Crippen molar-refractivity contribution in [2.24, 2.45) is 0 Å². The third-order valence-corrected chi connectivity index (χ3v) is 12.3. The lowest BCUT2D eigenvalue weighted by atomic mass is 9.85. The van der Waals surface area contributed by atoms with E-state index in [2.05, 4.69) is 173 Å². The molecule has 0 N–H and O–H groups in total. The number of hydrogen-bond acceptors (Lipinski definition) is 2. The van der Waals surface area contributed by atoms with Gasteiger partial charge in [-0.05, 0) is 110 Å². The van der Waals surface area contributed by atoms with Crippen molar-refractivity contribution >= 4 is 99.3 Å². The number of fused-ring (bicyclic) bond motifs is 10. The molecule has 8 aromatic carbocycles. The van der Waals surface area contributed by atoms with Crippen LogP contribution in [-0.2, 0) is 0 Å². The maximum absolute atomic E-state index is 6.72. The Morgan fingerprint density at radius 3 is 1.85 bits per heavy atom. The largest absolute Gasteiger partial charge is 0.455 e. The molecule has 0 radical (unpaired) electrons. The summed E-state index contributed by atoms with van der Waals surface area (Å²) < 4.78 is 9.34. The van der Waals surface area contributed by atoms with E-state index >= 15 is 0 Å². The zero-order valence-electron chi connectivity index (χ0n) is 30.2. The van der Waals surface area contributed by atoms with Crippen LogP contribution in [0.15, 0.2) is 151 Å². The molecule has 2 aromatic heterocycles. The maximum Gasteiger partial charge on any atom is 0.143 e. The molecule has 0 amide bonds. The summed E-state index contributed by atoms with van der Waals surface area (Å²) in [6.45, 7) is 12.8. The first-order chi connectivity index (χ1) is 26.6. The molecule has 0 saturated carbocycles. The van der Waals surface area contributed by atoms with Gasteiger partial charge in [0.25, 0.3) is 0 Å². The van der Waals surface area contributed by atoms with Crippen LogP contribution in [0.4, 0.5) is 0 Å². The van der Waals surface area contributed by atoms with Crippen LogP contribution in [-0.4, -0.2) is 0 Å². The summed E-state index contributed by atoms with van der Waals surface area (Å²) in [5, 5.41) is 12.2. The molecule has 0 aliphatic rings. The molecule has 0 atom stereocenters. The highest BCUT2D eigenvalue weighted by molar-refractivity contribution is 7.26. The second kappa shape index (κ2) is 12.6. The van der Waals surface area contributed by atoms with Crippen LogP contribution >= 0.6 is 11.3 Å². The Morgan fingerprint density at radius 2 is 1.13 bits per heavy atom. The normalized spacial score (nSPS) is 12.6. The zero-order valence-corrected chi connectivity index (χ0v) is 31.1. The zero-order chi connectivity index (χ0) is 36.5. The SMILES string of the molecule is C=Cc1c(C=C)c(-c2ccc3cc(-c4cc5c(ccc6c7ccccc7sc65)c5c4oc4ccccc45)ccc3c2)c(=C/C)/c(=C\C)c1-c1ccccc1. The van der Waals surface area contributed by atoms with Gasteiger partial charge in [-0.1, -0.05) is 141 Å². The number of furan rings is 1. The Hall–Kier alpha value is -6.48. The van der Waals surface area contributed by atoms with E-state index in [4.69, 9.17) is 4.42 Å². The van der Waals surface area contributed by atoms with Crippen molar-refractivity contribution in [1.29, 1.82) is 0 Å². The lowest BCUT2D eigenvalue weighted by Gasteiger charge is -2.19. The fraction of sp³-hybridized carbons (Fsp3) is 0.0385. The van der Waals surface area contributed by atoms with Gasteiger partial charge in [0, 0.05) is 41.9 Å². The molecule has 0 unspecified atom stereocenters. The van der Waals surface area contributed by atoms with Gasteiger partial charge < -0.3 is 4.42 Å². The van der Waals surface area contributed by atoms with E-state index < -0.39 is 0 Å². The number of thiophene rings is 1. The number of benzene rings is 8. The number of rotatable bonds is 5. The van der Waals surface area contributed by atoms with Crippen LogP contribution in [0.5, 0.6) is 0 Å². The van der Waals surface area contributed by atoms with Crippen LogP contribution in [0, 0.1) is 0 Å². The van der Waals surface area contributed by atoms with Gasteiger partial charge in [0.05, 0.1) is 0 Å². The minimum atomic E-state index is 0.908. The topological polar surface area (TPSA) is 13.1 Å². The first kappa shape index (κ1) is 32.2. The fourth-order valence-electron chi connectivity index (χ4n) is 8.75. The molecule has 2 heterocycles. The van der Waals surface area contributed by atoms with E-state index in [1.165, 1.54) is 74.2 Å². The highest BCUT2D eigenvalue weighted by Gasteiger charge is 2.20. The summed E-state index contributed by atoms with van der Waals surface area (Å²) >= 11 is 1.88. The quantitative estimate of drug-likeness (QED) is 0.173. The summed E-state index contributed by atoms with van der Waals surface area (Å²) in [4.78, 5) is 0. The molecular formula is C52H36OS. The molecule has 256 valence electrons. The smallest absolute Gasteiger partial charge is 0.143 e. The third kappa shape index (κ3) is 4.70. The van der Waals surface area contributed by atoms with Gasteiger partial charge in [0.15, 0.2) is 0 Å². The minimum absolute atomic E-state index is 0.908. The molecule has 0 aliphatic heterocycles. The van der Waals surface area contributed by atoms with E-state index in [9.17, 15) is 0 Å². The van der Waals surface area contributed by atoms with Crippen LogP contribution in [0.2, 0.25) is 0 Å². The summed E-state index contributed by atoms with van der Waals surface area (Å²) in [7, 11) is 0. The summed E-state index contributed by atoms with van der Waals surface area (Å²) in [5.74, 6) is 0. The average molecular weight is 709 g/mol. The fourth-order valence-corrected chi connectivity index (χ4v) is 9.97. The molecule has 0 saturated heterocycles. The molecule has 10 aromatic rings. The molecule has 54 heavy (non-hydrogen) atoms. The van der Waals surface area contributed by atoms with Gasteiger partial charge in [-0.2, -0.15) is 0 Å². The van der Waals surface area contributed by atoms with Crippen molar-refractivity contribution in [2.45, 2.75) is 13.8 Å². The average Bonchev–Trinajstić information content (AvgIpc) is 3.81. The first-order valence-corrected chi connectivity index (χ1v) is 19.3.